The van der Waals surface area contributed by atoms with Gasteiger partial charge in [0.05, 0.1) is 6.42 Å². The number of carbonyl (C=O) groups is 2. The molecule has 0 saturated carbocycles. The SMILES string of the molecule is CC(C)(C)OC(=O)Cc1ccccc1CNC(=O)OC(C)(C)C. The van der Waals surface area contributed by atoms with E-state index in [4.69, 9.17) is 9.47 Å². The van der Waals surface area contributed by atoms with E-state index in [-0.39, 0.29) is 12.4 Å². The van der Waals surface area contributed by atoms with Crippen LogP contribution in [0.15, 0.2) is 24.3 Å². The Morgan fingerprint density at radius 2 is 1.43 bits per heavy atom. The second-order valence-electron chi connectivity index (χ2n) is 7.39. The van der Waals surface area contributed by atoms with Crippen molar-refractivity contribution in [1.82, 2.24) is 5.32 Å². The molecular weight excluding hydrogens is 294 g/mol. The van der Waals surface area contributed by atoms with Crippen LogP contribution in [0.2, 0.25) is 0 Å². The summed E-state index contributed by atoms with van der Waals surface area (Å²) in [6.07, 6.45) is -0.312. The summed E-state index contributed by atoms with van der Waals surface area (Å²) in [5.41, 5.74) is 0.642. The fourth-order valence-corrected chi connectivity index (χ4v) is 1.92. The average molecular weight is 321 g/mol. The molecule has 0 aliphatic carbocycles. The van der Waals surface area contributed by atoms with Gasteiger partial charge < -0.3 is 14.8 Å². The molecule has 0 aliphatic heterocycles. The van der Waals surface area contributed by atoms with Gasteiger partial charge in [-0.05, 0) is 52.7 Å². The van der Waals surface area contributed by atoms with Crippen LogP contribution in [0.1, 0.15) is 52.7 Å². The van der Waals surface area contributed by atoms with E-state index < -0.39 is 17.3 Å². The minimum atomic E-state index is -0.542. The van der Waals surface area contributed by atoms with Crippen LogP contribution in [0, 0.1) is 0 Å². The summed E-state index contributed by atoms with van der Waals surface area (Å²) >= 11 is 0. The maximum absolute atomic E-state index is 12.0. The van der Waals surface area contributed by atoms with Gasteiger partial charge in [-0.1, -0.05) is 24.3 Å². The molecule has 0 radical (unpaired) electrons. The van der Waals surface area contributed by atoms with Crippen molar-refractivity contribution in [1.29, 1.82) is 0 Å². The molecule has 0 unspecified atom stereocenters. The third kappa shape index (κ3) is 8.24. The Morgan fingerprint density at radius 1 is 0.913 bits per heavy atom. The number of benzene rings is 1. The molecule has 128 valence electrons. The molecule has 0 saturated heterocycles. The number of carbonyl (C=O) groups excluding carboxylic acids is 2. The van der Waals surface area contributed by atoms with Crippen LogP contribution in [0.25, 0.3) is 0 Å². The van der Waals surface area contributed by atoms with Gasteiger partial charge in [-0.3, -0.25) is 4.79 Å². The van der Waals surface area contributed by atoms with Crippen LogP contribution in [-0.4, -0.2) is 23.3 Å². The second-order valence-corrected chi connectivity index (χ2v) is 7.39. The molecule has 1 rings (SSSR count). The third-order valence-electron chi connectivity index (χ3n) is 2.70. The van der Waals surface area contributed by atoms with Crippen molar-refractivity contribution in [2.75, 3.05) is 0 Å². The molecule has 0 aromatic heterocycles. The van der Waals surface area contributed by atoms with Crippen molar-refractivity contribution in [2.24, 2.45) is 0 Å². The van der Waals surface area contributed by atoms with Gasteiger partial charge in [-0.25, -0.2) is 4.79 Å². The van der Waals surface area contributed by atoms with Gasteiger partial charge in [0, 0.05) is 6.54 Å². The first-order chi connectivity index (χ1) is 10.5. The quantitative estimate of drug-likeness (QED) is 0.861. The van der Waals surface area contributed by atoms with Crippen molar-refractivity contribution in [2.45, 2.75) is 65.7 Å². The fourth-order valence-electron chi connectivity index (χ4n) is 1.92. The summed E-state index contributed by atoms with van der Waals surface area (Å²) in [6, 6.07) is 7.45. The Hall–Kier alpha value is -2.04. The molecule has 1 aromatic rings. The van der Waals surface area contributed by atoms with Crippen LogP contribution in [-0.2, 0) is 27.2 Å². The smallest absolute Gasteiger partial charge is 0.407 e. The molecule has 0 spiro atoms. The maximum Gasteiger partial charge on any atom is 0.407 e. The van der Waals surface area contributed by atoms with E-state index in [1.165, 1.54) is 0 Å². The highest BCUT2D eigenvalue weighted by Crippen LogP contribution is 2.14. The summed E-state index contributed by atoms with van der Waals surface area (Å²) in [4.78, 5) is 23.7. The summed E-state index contributed by atoms with van der Waals surface area (Å²) in [5.74, 6) is -0.290. The van der Waals surface area contributed by atoms with Gasteiger partial charge in [0.2, 0.25) is 0 Å². The molecule has 0 aliphatic rings. The van der Waals surface area contributed by atoms with Gasteiger partial charge in [-0.2, -0.15) is 0 Å². The Bertz CT molecular complexity index is 553. The molecular formula is C18H27NO4. The normalized spacial score (nSPS) is 11.7. The lowest BCUT2D eigenvalue weighted by atomic mass is 10.0. The van der Waals surface area contributed by atoms with E-state index in [0.29, 0.717) is 6.54 Å². The van der Waals surface area contributed by atoms with Crippen LogP contribution >= 0.6 is 0 Å². The molecule has 23 heavy (non-hydrogen) atoms. The van der Waals surface area contributed by atoms with Gasteiger partial charge in [0.15, 0.2) is 0 Å². The van der Waals surface area contributed by atoms with Crippen LogP contribution in [0.3, 0.4) is 0 Å². The first-order valence-corrected chi connectivity index (χ1v) is 7.72. The van der Waals surface area contributed by atoms with Crippen molar-refractivity contribution in [3.63, 3.8) is 0 Å². The van der Waals surface area contributed by atoms with Crippen LogP contribution in [0.5, 0.6) is 0 Å². The standard InChI is InChI=1S/C18H27NO4/c1-17(2,3)22-15(20)11-13-9-7-8-10-14(13)12-19-16(21)23-18(4,5)6/h7-10H,11-12H2,1-6H3,(H,19,21). The number of esters is 1. The zero-order valence-corrected chi connectivity index (χ0v) is 14.9. The maximum atomic E-state index is 12.0. The number of hydrogen-bond donors (Lipinski definition) is 1. The number of nitrogens with one attached hydrogen (secondary N) is 1. The van der Waals surface area contributed by atoms with Crippen molar-refractivity contribution in [3.05, 3.63) is 35.4 Å². The topological polar surface area (TPSA) is 64.6 Å². The van der Waals surface area contributed by atoms with Crippen molar-refractivity contribution < 1.29 is 19.1 Å². The molecule has 1 aromatic carbocycles. The number of alkyl carbamates (subject to hydrolysis) is 1. The zero-order chi connectivity index (χ0) is 17.7. The first-order valence-electron chi connectivity index (χ1n) is 7.72. The lowest BCUT2D eigenvalue weighted by Gasteiger charge is -2.21. The number of rotatable bonds is 4. The Kier molecular flexibility index (Phi) is 6.19. The second kappa shape index (κ2) is 7.49. The highest BCUT2D eigenvalue weighted by molar-refractivity contribution is 5.73. The minimum absolute atomic E-state index is 0.170. The fraction of sp³-hybridized carbons (Fsp3) is 0.556. The summed E-state index contributed by atoms with van der Waals surface area (Å²) in [6.45, 7) is 11.2. The van der Waals surface area contributed by atoms with Crippen molar-refractivity contribution >= 4 is 12.1 Å². The monoisotopic (exact) mass is 321 g/mol. The van der Waals surface area contributed by atoms with Gasteiger partial charge in [-0.15, -0.1) is 0 Å². The Balaban J connectivity index is 2.67. The molecule has 0 bridgehead atoms. The minimum Gasteiger partial charge on any atom is -0.460 e. The lowest BCUT2D eigenvalue weighted by molar-refractivity contribution is -0.153. The molecule has 0 fully saturated rings. The first kappa shape index (κ1) is 19.0. The predicted molar refractivity (Wildman–Crippen MR) is 89.1 cm³/mol. The number of ether oxygens (including phenoxy) is 2. The highest BCUT2D eigenvalue weighted by Gasteiger charge is 2.19. The average Bonchev–Trinajstić information content (AvgIpc) is 2.33. The van der Waals surface area contributed by atoms with E-state index in [2.05, 4.69) is 5.32 Å². The van der Waals surface area contributed by atoms with E-state index in [0.717, 1.165) is 11.1 Å². The van der Waals surface area contributed by atoms with Crippen LogP contribution in [0.4, 0.5) is 4.79 Å². The lowest BCUT2D eigenvalue weighted by Crippen LogP contribution is -2.32. The Morgan fingerprint density at radius 3 is 1.96 bits per heavy atom. The van der Waals surface area contributed by atoms with Crippen LogP contribution < -0.4 is 5.32 Å². The molecule has 0 atom stereocenters. The van der Waals surface area contributed by atoms with E-state index in [1.807, 2.05) is 65.8 Å². The van der Waals surface area contributed by atoms with E-state index in [1.54, 1.807) is 0 Å². The van der Waals surface area contributed by atoms with E-state index in [9.17, 15) is 9.59 Å². The largest absolute Gasteiger partial charge is 0.460 e. The molecule has 5 nitrogen and oxygen atoms in total. The third-order valence-corrected chi connectivity index (χ3v) is 2.70. The van der Waals surface area contributed by atoms with Crippen molar-refractivity contribution in [3.8, 4) is 0 Å². The Labute approximate surface area is 138 Å². The molecule has 5 heteroatoms. The van der Waals surface area contributed by atoms with E-state index >= 15 is 0 Å². The molecule has 1 N–H and O–H groups in total. The highest BCUT2D eigenvalue weighted by atomic mass is 16.6. The van der Waals surface area contributed by atoms with Gasteiger partial charge in [0.1, 0.15) is 11.2 Å². The molecule has 0 heterocycles. The molecule has 1 amide bonds. The summed E-state index contributed by atoms with van der Waals surface area (Å²) < 4.78 is 10.5. The van der Waals surface area contributed by atoms with Gasteiger partial charge >= 0.3 is 12.1 Å². The van der Waals surface area contributed by atoms with Gasteiger partial charge in [0.25, 0.3) is 0 Å². The number of hydrogen-bond acceptors (Lipinski definition) is 4. The summed E-state index contributed by atoms with van der Waals surface area (Å²) in [5, 5.41) is 2.70. The summed E-state index contributed by atoms with van der Waals surface area (Å²) in [7, 11) is 0. The number of amides is 1. The predicted octanol–water partition coefficient (Wildman–Crippen LogP) is 3.60. The zero-order valence-electron chi connectivity index (χ0n) is 14.9.